The summed E-state index contributed by atoms with van der Waals surface area (Å²) in [6.45, 7) is -0.536. The second kappa shape index (κ2) is 10.0. The zero-order valence-corrected chi connectivity index (χ0v) is 18.5. The Labute approximate surface area is 189 Å². The van der Waals surface area contributed by atoms with Gasteiger partial charge in [0.15, 0.2) is 24.3 Å². The van der Waals surface area contributed by atoms with Gasteiger partial charge in [-0.2, -0.15) is 0 Å². The van der Waals surface area contributed by atoms with Crippen molar-refractivity contribution in [3.8, 4) is 0 Å². The molecule has 0 aliphatic carbocycles. The van der Waals surface area contributed by atoms with Crippen LogP contribution in [-0.4, -0.2) is 139 Å². The van der Waals surface area contributed by atoms with Crippen molar-refractivity contribution in [3.63, 3.8) is 0 Å². The Morgan fingerprint density at radius 3 is 2.61 bits per heavy atom. The lowest BCUT2D eigenvalue weighted by atomic mass is 9.94. The third-order valence-corrected chi connectivity index (χ3v) is 5.77. The van der Waals surface area contributed by atoms with Gasteiger partial charge in [-0.05, 0) is 14.1 Å². The van der Waals surface area contributed by atoms with Gasteiger partial charge < -0.3 is 56.3 Å². The Bertz CT molecular complexity index is 796. The van der Waals surface area contributed by atoms with Crippen molar-refractivity contribution in [3.05, 3.63) is 0 Å². The van der Waals surface area contributed by atoms with Gasteiger partial charge in [0.1, 0.15) is 18.2 Å². The molecule has 3 rings (SSSR count). The van der Waals surface area contributed by atoms with Gasteiger partial charge in [-0.25, -0.2) is 9.79 Å². The number of likely N-dealkylation sites (N-methyl/N-ethyl adjacent to an activating group) is 2. The van der Waals surface area contributed by atoms with E-state index in [9.17, 15) is 29.7 Å². The Balaban J connectivity index is 1.86. The Kier molecular flexibility index (Phi) is 7.58. The van der Waals surface area contributed by atoms with Crippen LogP contribution in [-0.2, 0) is 19.1 Å². The molecule has 0 unspecified atom stereocenters. The molecule has 2 fully saturated rings. The number of aliphatic hydroxyl groups is 3. The molecule has 15 heteroatoms. The van der Waals surface area contributed by atoms with Crippen molar-refractivity contribution in [2.24, 2.45) is 10.7 Å². The van der Waals surface area contributed by atoms with E-state index < -0.39 is 61.5 Å². The molecule has 0 aromatic carbocycles. The van der Waals surface area contributed by atoms with E-state index in [1.54, 1.807) is 19.0 Å². The number of hydrogen-bond acceptors (Lipinski definition) is 12. The van der Waals surface area contributed by atoms with Crippen molar-refractivity contribution in [2.75, 3.05) is 40.8 Å². The van der Waals surface area contributed by atoms with Crippen molar-refractivity contribution >= 4 is 23.9 Å². The summed E-state index contributed by atoms with van der Waals surface area (Å²) in [5, 5.41) is 39.3. The predicted octanol–water partition coefficient (Wildman–Crippen LogP) is -5.31. The molecule has 3 amide bonds. The number of aliphatic imine (C=N–C) groups is 1. The molecule has 0 aromatic heterocycles. The van der Waals surface area contributed by atoms with E-state index in [2.05, 4.69) is 20.9 Å². The number of carbonyl (C=O) groups is 3. The van der Waals surface area contributed by atoms with Crippen LogP contribution in [0.3, 0.4) is 0 Å². The quantitative estimate of drug-likeness (QED) is 0.194. The van der Waals surface area contributed by atoms with Crippen LogP contribution >= 0.6 is 0 Å². The molecule has 15 nitrogen and oxygen atoms in total. The molecule has 3 heterocycles. The van der Waals surface area contributed by atoms with Crippen molar-refractivity contribution in [2.45, 2.75) is 48.8 Å². The highest BCUT2D eigenvalue weighted by atomic mass is 16.6. The monoisotopic (exact) mass is 473 g/mol. The maximum absolute atomic E-state index is 12.7. The van der Waals surface area contributed by atoms with Gasteiger partial charge in [-0.15, -0.1) is 0 Å². The number of nitrogens with zero attached hydrogens (tertiary/aromatic N) is 3. The first-order valence-corrected chi connectivity index (χ1v) is 10.4. The molecular formula is C18H31N7O8. The van der Waals surface area contributed by atoms with E-state index in [4.69, 9.17) is 15.2 Å². The molecule has 8 atom stereocenters. The second-order valence-corrected chi connectivity index (χ2v) is 8.45. The average Bonchev–Trinajstić information content (AvgIpc) is 3.16. The zero-order valence-electron chi connectivity index (χ0n) is 18.5. The Hall–Kier alpha value is -2.72. The molecule has 3 aliphatic rings. The summed E-state index contributed by atoms with van der Waals surface area (Å²) in [4.78, 5) is 43.3. The minimum absolute atomic E-state index is 0.0208. The number of rotatable bonds is 6. The molecule has 3 aliphatic heterocycles. The molecule has 0 aromatic rings. The maximum atomic E-state index is 12.7. The Morgan fingerprint density at radius 1 is 1.33 bits per heavy atom. The fourth-order valence-corrected chi connectivity index (χ4v) is 4.14. The lowest BCUT2D eigenvalue weighted by molar-refractivity contribution is -0.215. The molecule has 8 N–H and O–H groups in total. The highest BCUT2D eigenvalue weighted by Gasteiger charge is 2.51. The largest absolute Gasteiger partial charge is 0.441 e. The van der Waals surface area contributed by atoms with Gasteiger partial charge >= 0.3 is 6.09 Å². The number of fused-ring (bicyclic) bond motifs is 1. The van der Waals surface area contributed by atoms with Crippen LogP contribution in [0.4, 0.5) is 4.79 Å². The third-order valence-electron chi connectivity index (χ3n) is 5.77. The lowest BCUT2D eigenvalue weighted by Crippen LogP contribution is -2.70. The number of nitrogens with one attached hydrogen (secondary N) is 3. The second-order valence-electron chi connectivity index (χ2n) is 8.45. The first kappa shape index (κ1) is 24.9. The number of amides is 3. The fraction of sp³-hybridized carbons (Fsp3) is 0.778. The lowest BCUT2D eigenvalue weighted by Gasteiger charge is -2.47. The molecule has 0 bridgehead atoms. The molecule has 33 heavy (non-hydrogen) atoms. The van der Waals surface area contributed by atoms with Crippen molar-refractivity contribution < 1.29 is 39.2 Å². The summed E-state index contributed by atoms with van der Waals surface area (Å²) in [5.41, 5.74) is 5.11. The van der Waals surface area contributed by atoms with Gasteiger partial charge in [0.05, 0.1) is 25.3 Å². The van der Waals surface area contributed by atoms with E-state index in [1.807, 2.05) is 0 Å². The van der Waals surface area contributed by atoms with Crippen molar-refractivity contribution in [1.82, 2.24) is 25.8 Å². The number of nitrogens with two attached hydrogens (primary N) is 1. The van der Waals surface area contributed by atoms with E-state index in [0.29, 0.717) is 0 Å². The number of carbonyl (C=O) groups excluding carboxylic acids is 3. The molecule has 0 spiro atoms. The third kappa shape index (κ3) is 5.27. The van der Waals surface area contributed by atoms with Gasteiger partial charge in [-0.3, -0.25) is 9.59 Å². The normalized spacial score (nSPS) is 35.7. The standard InChI is InChI=1S/C18H31N7O8/c1-24(2)5-9(28)25(3)12-13(29)14(33-17(19)31)8(6-26)32-16(12)23-18-21-10-7(27)4-20-15(30)11(10)22-18/h7-8,10-14,16,26-27,29H,4-6H2,1-3H3,(H2,19,31)(H,20,30)(H2,21,22,23)/t7-,8-,10-,11-,12-,13+,14+,16-/m1/s1. The van der Waals surface area contributed by atoms with Crippen LogP contribution < -0.4 is 21.7 Å². The van der Waals surface area contributed by atoms with Crippen LogP contribution in [0.1, 0.15) is 0 Å². The number of aliphatic hydroxyl groups excluding tert-OH is 3. The number of piperidine rings is 1. The number of ether oxygens (including phenoxy) is 2. The first-order valence-electron chi connectivity index (χ1n) is 10.4. The smallest absolute Gasteiger partial charge is 0.404 e. The summed E-state index contributed by atoms with van der Waals surface area (Å²) in [6, 6.07) is -2.65. The SMILES string of the molecule is CN(C)CC(=O)N(C)[C@@H]1[C@H](O)[C@@H](OC(N)=O)[C@@H](CO)O[C@H]1NC1=N[C@H]2C(=O)NC[C@@H](O)[C@H]2N1. The number of primary amides is 1. The summed E-state index contributed by atoms with van der Waals surface area (Å²) >= 11 is 0. The van der Waals surface area contributed by atoms with Crippen LogP contribution in [0, 0.1) is 0 Å². The minimum Gasteiger partial charge on any atom is -0.441 e. The average molecular weight is 473 g/mol. The van der Waals surface area contributed by atoms with Gasteiger partial charge in [0.2, 0.25) is 11.8 Å². The zero-order chi connectivity index (χ0) is 24.4. The first-order chi connectivity index (χ1) is 15.5. The maximum Gasteiger partial charge on any atom is 0.404 e. The van der Waals surface area contributed by atoms with Gasteiger partial charge in [0.25, 0.3) is 0 Å². The topological polar surface area (TPSA) is 211 Å². The van der Waals surface area contributed by atoms with Gasteiger partial charge in [-0.1, -0.05) is 0 Å². The number of β-amino-alcohol motifs (C(OH)–C–C–N with tert-alkyl or cyclic N) is 1. The molecular weight excluding hydrogens is 442 g/mol. The summed E-state index contributed by atoms with van der Waals surface area (Å²) in [7, 11) is 4.84. The minimum atomic E-state index is -1.49. The highest BCUT2D eigenvalue weighted by molar-refractivity contribution is 5.92. The fourth-order valence-electron chi connectivity index (χ4n) is 4.14. The van der Waals surface area contributed by atoms with E-state index in [-0.39, 0.29) is 30.9 Å². The summed E-state index contributed by atoms with van der Waals surface area (Å²) in [5.74, 6) is -0.635. The van der Waals surface area contributed by atoms with E-state index in [1.165, 1.54) is 11.9 Å². The number of hydrogen-bond donors (Lipinski definition) is 7. The highest BCUT2D eigenvalue weighted by Crippen LogP contribution is 2.26. The van der Waals surface area contributed by atoms with Crippen LogP contribution in [0.25, 0.3) is 0 Å². The molecule has 2 saturated heterocycles. The summed E-state index contributed by atoms with van der Waals surface area (Å²) in [6.07, 6.45) is -7.20. The van der Waals surface area contributed by atoms with E-state index >= 15 is 0 Å². The van der Waals surface area contributed by atoms with E-state index in [0.717, 1.165) is 0 Å². The summed E-state index contributed by atoms with van der Waals surface area (Å²) < 4.78 is 10.8. The Morgan fingerprint density at radius 2 is 2.03 bits per heavy atom. The molecule has 0 radical (unpaired) electrons. The van der Waals surface area contributed by atoms with Crippen LogP contribution in [0.5, 0.6) is 0 Å². The molecule has 0 saturated carbocycles. The van der Waals surface area contributed by atoms with Crippen molar-refractivity contribution in [1.29, 1.82) is 0 Å². The van der Waals surface area contributed by atoms with Crippen LogP contribution in [0.2, 0.25) is 0 Å². The molecule has 186 valence electrons. The van der Waals surface area contributed by atoms with Gasteiger partial charge in [0, 0.05) is 13.6 Å². The number of guanidine groups is 1. The predicted molar refractivity (Wildman–Crippen MR) is 112 cm³/mol. The van der Waals surface area contributed by atoms with Crippen LogP contribution in [0.15, 0.2) is 4.99 Å².